The molecule has 0 aromatic rings. The average Bonchev–Trinajstić information content (AvgIpc) is 2.26. The van der Waals surface area contributed by atoms with Crippen molar-refractivity contribution in [2.45, 2.75) is 46.6 Å². The van der Waals surface area contributed by atoms with E-state index in [0.717, 1.165) is 6.42 Å². The molecule has 0 saturated carbocycles. The van der Waals surface area contributed by atoms with Gasteiger partial charge in [0.2, 0.25) is 0 Å². The maximum atomic E-state index is 5.83. The van der Waals surface area contributed by atoms with Gasteiger partial charge in [-0.05, 0) is 34.1 Å². The zero-order valence-corrected chi connectivity index (χ0v) is 12.3. The summed E-state index contributed by atoms with van der Waals surface area (Å²) in [5.41, 5.74) is 0.309. The second-order valence-corrected chi connectivity index (χ2v) is 6.67. The SMILES string of the molecule is C/C=C/CC(C)[Si](OCC)(OCC)OCC. The Labute approximate surface area is 101 Å². The summed E-state index contributed by atoms with van der Waals surface area (Å²) in [7, 11) is -2.49. The lowest BCUT2D eigenvalue weighted by atomic mass is 10.3. The van der Waals surface area contributed by atoms with E-state index in [-0.39, 0.29) is 0 Å². The molecular weight excluding hydrogens is 220 g/mol. The molecule has 0 heterocycles. The lowest BCUT2D eigenvalue weighted by Gasteiger charge is -2.33. The fourth-order valence-corrected chi connectivity index (χ4v) is 4.38. The highest BCUT2D eigenvalue weighted by Gasteiger charge is 2.45. The molecule has 0 bridgehead atoms. The topological polar surface area (TPSA) is 27.7 Å². The molecule has 0 aliphatic rings. The van der Waals surface area contributed by atoms with Crippen LogP contribution in [0.1, 0.15) is 41.0 Å². The van der Waals surface area contributed by atoms with Crippen LogP contribution in [-0.4, -0.2) is 28.6 Å². The summed E-state index contributed by atoms with van der Waals surface area (Å²) in [6.45, 7) is 12.1. The van der Waals surface area contributed by atoms with Gasteiger partial charge in [0.25, 0.3) is 0 Å². The van der Waals surface area contributed by atoms with Crippen LogP contribution in [0.15, 0.2) is 12.2 Å². The van der Waals surface area contributed by atoms with Crippen molar-refractivity contribution in [3.63, 3.8) is 0 Å². The molecule has 96 valence electrons. The maximum absolute atomic E-state index is 5.83. The third-order valence-corrected chi connectivity index (χ3v) is 5.88. The average molecular weight is 246 g/mol. The number of rotatable bonds is 9. The van der Waals surface area contributed by atoms with Crippen LogP contribution in [0.3, 0.4) is 0 Å². The van der Waals surface area contributed by atoms with E-state index < -0.39 is 8.80 Å². The number of hydrogen-bond donors (Lipinski definition) is 0. The minimum Gasteiger partial charge on any atom is -0.374 e. The van der Waals surface area contributed by atoms with Crippen LogP contribution in [0, 0.1) is 0 Å². The van der Waals surface area contributed by atoms with E-state index in [1.807, 2.05) is 27.7 Å². The van der Waals surface area contributed by atoms with Crippen molar-refractivity contribution in [1.29, 1.82) is 0 Å². The van der Waals surface area contributed by atoms with E-state index in [4.69, 9.17) is 13.3 Å². The lowest BCUT2D eigenvalue weighted by molar-refractivity contribution is 0.0627. The molecule has 4 heteroatoms. The van der Waals surface area contributed by atoms with Gasteiger partial charge in [0.15, 0.2) is 0 Å². The molecule has 3 nitrogen and oxygen atoms in total. The summed E-state index contributed by atoms with van der Waals surface area (Å²) in [6.07, 6.45) is 5.14. The second-order valence-electron chi connectivity index (χ2n) is 3.61. The fourth-order valence-electron chi connectivity index (χ4n) is 1.64. The standard InChI is InChI=1S/C12H26O3Si/c1-6-10-11-12(5)16(13-7-2,14-8-3)15-9-4/h6,10,12H,7-9,11H2,1-5H3/b10-6+. The van der Waals surface area contributed by atoms with Crippen LogP contribution in [0.4, 0.5) is 0 Å². The van der Waals surface area contributed by atoms with Crippen LogP contribution < -0.4 is 0 Å². The molecule has 1 unspecified atom stereocenters. The Morgan fingerprint density at radius 2 is 1.44 bits per heavy atom. The maximum Gasteiger partial charge on any atom is 0.504 e. The van der Waals surface area contributed by atoms with Gasteiger partial charge in [-0.25, -0.2) is 0 Å². The van der Waals surface area contributed by atoms with E-state index in [0.29, 0.717) is 25.4 Å². The predicted octanol–water partition coefficient (Wildman–Crippen LogP) is 3.39. The van der Waals surface area contributed by atoms with Crippen LogP contribution >= 0.6 is 0 Å². The van der Waals surface area contributed by atoms with Gasteiger partial charge in [0, 0.05) is 25.4 Å². The Kier molecular flexibility index (Phi) is 8.84. The van der Waals surface area contributed by atoms with Crippen molar-refractivity contribution in [3.05, 3.63) is 12.2 Å². The fraction of sp³-hybridized carbons (Fsp3) is 0.833. The first kappa shape index (κ1) is 15.8. The first-order valence-electron chi connectivity index (χ1n) is 6.19. The molecule has 0 aliphatic carbocycles. The Morgan fingerprint density at radius 3 is 1.75 bits per heavy atom. The van der Waals surface area contributed by atoms with Gasteiger partial charge in [-0.1, -0.05) is 19.1 Å². The Morgan fingerprint density at radius 1 is 1.00 bits per heavy atom. The van der Waals surface area contributed by atoms with Crippen molar-refractivity contribution < 1.29 is 13.3 Å². The largest absolute Gasteiger partial charge is 0.504 e. The Balaban J connectivity index is 4.67. The molecule has 0 aliphatic heterocycles. The third kappa shape index (κ3) is 4.78. The smallest absolute Gasteiger partial charge is 0.374 e. The quantitative estimate of drug-likeness (QED) is 0.461. The van der Waals surface area contributed by atoms with Crippen molar-refractivity contribution >= 4 is 8.80 Å². The van der Waals surface area contributed by atoms with Crippen LogP contribution in [0.25, 0.3) is 0 Å². The van der Waals surface area contributed by atoms with Crippen molar-refractivity contribution in [2.24, 2.45) is 0 Å². The van der Waals surface area contributed by atoms with Gasteiger partial charge in [-0.3, -0.25) is 0 Å². The summed E-state index contributed by atoms with van der Waals surface area (Å²) < 4.78 is 17.5. The molecule has 0 aromatic carbocycles. The zero-order chi connectivity index (χ0) is 12.4. The molecule has 0 aromatic heterocycles. The van der Waals surface area contributed by atoms with Gasteiger partial charge >= 0.3 is 8.80 Å². The summed E-state index contributed by atoms with van der Waals surface area (Å²) in [6, 6.07) is 0. The monoisotopic (exact) mass is 246 g/mol. The molecule has 0 spiro atoms. The molecule has 0 amide bonds. The summed E-state index contributed by atoms with van der Waals surface area (Å²) in [5, 5.41) is 0. The zero-order valence-electron chi connectivity index (χ0n) is 11.3. The molecule has 0 N–H and O–H groups in total. The molecule has 16 heavy (non-hydrogen) atoms. The van der Waals surface area contributed by atoms with Crippen molar-refractivity contribution in [3.8, 4) is 0 Å². The van der Waals surface area contributed by atoms with Crippen LogP contribution in [-0.2, 0) is 13.3 Å². The predicted molar refractivity (Wildman–Crippen MR) is 69.5 cm³/mol. The van der Waals surface area contributed by atoms with Gasteiger partial charge in [0.05, 0.1) is 0 Å². The van der Waals surface area contributed by atoms with Gasteiger partial charge < -0.3 is 13.3 Å². The summed E-state index contributed by atoms with van der Waals surface area (Å²) in [4.78, 5) is 0. The third-order valence-electron chi connectivity index (χ3n) is 2.37. The van der Waals surface area contributed by atoms with Crippen molar-refractivity contribution in [1.82, 2.24) is 0 Å². The first-order valence-corrected chi connectivity index (χ1v) is 8.00. The van der Waals surface area contributed by atoms with Crippen molar-refractivity contribution in [2.75, 3.05) is 19.8 Å². The van der Waals surface area contributed by atoms with E-state index in [1.165, 1.54) is 0 Å². The molecular formula is C12H26O3Si. The molecule has 0 radical (unpaired) electrons. The van der Waals surface area contributed by atoms with Crippen LogP contribution in [0.5, 0.6) is 0 Å². The summed E-state index contributed by atoms with van der Waals surface area (Å²) in [5.74, 6) is 0. The van der Waals surface area contributed by atoms with Crippen LogP contribution in [0.2, 0.25) is 5.54 Å². The van der Waals surface area contributed by atoms with E-state index >= 15 is 0 Å². The lowest BCUT2D eigenvalue weighted by Crippen LogP contribution is -2.49. The minimum absolute atomic E-state index is 0.309. The van der Waals surface area contributed by atoms with E-state index in [9.17, 15) is 0 Å². The molecule has 1 atom stereocenters. The van der Waals surface area contributed by atoms with Gasteiger partial charge in [0.1, 0.15) is 0 Å². The molecule has 0 saturated heterocycles. The Hall–Kier alpha value is -0.163. The van der Waals surface area contributed by atoms with E-state index in [2.05, 4.69) is 19.1 Å². The highest BCUT2D eigenvalue weighted by molar-refractivity contribution is 6.62. The Bertz CT molecular complexity index is 178. The minimum atomic E-state index is -2.49. The normalized spacial score (nSPS) is 14.6. The van der Waals surface area contributed by atoms with Gasteiger partial charge in [-0.2, -0.15) is 0 Å². The highest BCUT2D eigenvalue weighted by Crippen LogP contribution is 2.29. The number of allylic oxidation sites excluding steroid dienone is 2. The highest BCUT2D eigenvalue weighted by atomic mass is 28.4. The summed E-state index contributed by atoms with van der Waals surface area (Å²) >= 11 is 0. The molecule has 0 fully saturated rings. The van der Waals surface area contributed by atoms with Gasteiger partial charge in [-0.15, -0.1) is 0 Å². The van der Waals surface area contributed by atoms with E-state index in [1.54, 1.807) is 0 Å². The molecule has 0 rings (SSSR count). The number of hydrogen-bond acceptors (Lipinski definition) is 3. The first-order chi connectivity index (χ1) is 7.66. The second kappa shape index (κ2) is 8.93.